The molecule has 55 heavy (non-hydrogen) atoms. The molecule has 0 spiro atoms. The highest BCUT2D eigenvalue weighted by Crippen LogP contribution is 2.45. The second kappa shape index (κ2) is 16.2. The summed E-state index contributed by atoms with van der Waals surface area (Å²) < 4.78 is 33.7. The molecule has 1 aromatic heterocycles. The first-order valence-corrected chi connectivity index (χ1v) is 16.7. The summed E-state index contributed by atoms with van der Waals surface area (Å²) in [4.78, 5) is 25.9. The highest BCUT2D eigenvalue weighted by atomic mass is 16.7. The number of aromatic hydroxyl groups is 4. The van der Waals surface area contributed by atoms with E-state index in [2.05, 4.69) is 0 Å². The lowest BCUT2D eigenvalue weighted by molar-refractivity contribution is -0.342. The third-order valence-corrected chi connectivity index (χ3v) is 9.27. The van der Waals surface area contributed by atoms with Gasteiger partial charge in [0.25, 0.3) is 0 Å². The second-order valence-corrected chi connectivity index (χ2v) is 12.8. The Bertz CT molecular complexity index is 2100. The van der Waals surface area contributed by atoms with Crippen LogP contribution in [-0.4, -0.2) is 132 Å². The van der Waals surface area contributed by atoms with Gasteiger partial charge in [-0.1, -0.05) is 6.07 Å². The maximum Gasteiger partial charge on any atom is 0.330 e. The normalized spacial score (nSPS) is 28.3. The summed E-state index contributed by atoms with van der Waals surface area (Å²) in [6.45, 7) is -1.56. The predicted octanol–water partition coefficient (Wildman–Crippen LogP) is -0.106. The maximum atomic E-state index is 13.3. The Kier molecular flexibility index (Phi) is 11.6. The van der Waals surface area contributed by atoms with Gasteiger partial charge in [-0.05, 0) is 48.0 Å². The van der Waals surface area contributed by atoms with Crippen LogP contribution in [0.1, 0.15) is 17.2 Å². The van der Waals surface area contributed by atoms with E-state index in [4.69, 9.17) is 28.1 Å². The number of aliphatic hydroxyl groups is 6. The molecule has 2 saturated heterocycles. The molecule has 0 radical (unpaired) electrons. The zero-order valence-electron chi connectivity index (χ0n) is 28.8. The molecule has 6 rings (SSSR count). The third kappa shape index (κ3) is 7.94. The van der Waals surface area contributed by atoms with Gasteiger partial charge in [-0.25, -0.2) is 4.79 Å². The maximum absolute atomic E-state index is 13.3. The fraction of sp³-hybridized carbons (Fsp3) is 0.351. The molecule has 10 N–H and O–H groups in total. The number of carbonyl (C=O) groups is 1. The minimum Gasteiger partial charge on any atom is -0.508 e. The summed E-state index contributed by atoms with van der Waals surface area (Å²) in [5, 5.41) is 105. The van der Waals surface area contributed by atoms with Crippen molar-refractivity contribution < 1.29 is 84.0 Å². The molecule has 2 fully saturated rings. The van der Waals surface area contributed by atoms with E-state index in [1.807, 2.05) is 0 Å². The van der Waals surface area contributed by atoms with Crippen molar-refractivity contribution in [2.75, 3.05) is 20.3 Å². The summed E-state index contributed by atoms with van der Waals surface area (Å²) >= 11 is 0. The fourth-order valence-corrected chi connectivity index (χ4v) is 6.34. The molecule has 294 valence electrons. The first-order chi connectivity index (χ1) is 26.2. The molecule has 3 heterocycles. The Morgan fingerprint density at radius 3 is 2.20 bits per heavy atom. The Morgan fingerprint density at radius 2 is 1.51 bits per heavy atom. The molecule has 18 heteroatoms. The average molecular weight is 771 g/mol. The molecule has 0 aliphatic carbocycles. The van der Waals surface area contributed by atoms with E-state index in [-0.39, 0.29) is 23.0 Å². The highest BCUT2D eigenvalue weighted by molar-refractivity contribution is 5.90. The van der Waals surface area contributed by atoms with Crippen LogP contribution < -0.4 is 10.2 Å². The number of fused-ring (bicyclic) bond motifs is 1. The van der Waals surface area contributed by atoms with Gasteiger partial charge in [-0.2, -0.15) is 0 Å². The van der Waals surface area contributed by atoms with E-state index in [1.54, 1.807) is 0 Å². The molecule has 4 aromatic rings. The van der Waals surface area contributed by atoms with Crippen molar-refractivity contribution in [3.63, 3.8) is 0 Å². The van der Waals surface area contributed by atoms with E-state index in [0.717, 1.165) is 18.2 Å². The number of hydrogen-bond donors (Lipinski definition) is 10. The topological polar surface area (TPSA) is 296 Å². The number of hydrogen-bond acceptors (Lipinski definition) is 18. The summed E-state index contributed by atoms with van der Waals surface area (Å²) in [6.07, 6.45) is -16.0. The fourth-order valence-electron chi connectivity index (χ4n) is 6.34. The van der Waals surface area contributed by atoms with Crippen LogP contribution in [0.3, 0.4) is 0 Å². The van der Waals surface area contributed by atoms with Crippen molar-refractivity contribution in [3.05, 3.63) is 82.0 Å². The third-order valence-electron chi connectivity index (χ3n) is 9.27. The number of carbonyl (C=O) groups excluding carboxylic acids is 1. The molecular weight excluding hydrogens is 732 g/mol. The van der Waals surface area contributed by atoms with Crippen molar-refractivity contribution in [2.24, 2.45) is 0 Å². The summed E-state index contributed by atoms with van der Waals surface area (Å²) in [5.74, 6) is -2.51. The van der Waals surface area contributed by atoms with Gasteiger partial charge < -0.3 is 79.2 Å². The first-order valence-electron chi connectivity index (χ1n) is 16.7. The molecule has 0 bridgehead atoms. The average Bonchev–Trinajstić information content (AvgIpc) is 3.16. The van der Waals surface area contributed by atoms with Crippen molar-refractivity contribution in [2.45, 2.75) is 61.2 Å². The molecule has 0 amide bonds. The largest absolute Gasteiger partial charge is 0.508 e. The molecule has 10 atom stereocenters. The Balaban J connectivity index is 1.30. The number of phenolic OH excluding ortho intramolecular Hbond substituents is 4. The van der Waals surface area contributed by atoms with E-state index in [1.165, 1.54) is 55.7 Å². The van der Waals surface area contributed by atoms with Crippen molar-refractivity contribution in [1.82, 2.24) is 0 Å². The second-order valence-electron chi connectivity index (χ2n) is 12.8. The minimum absolute atomic E-state index is 0.0879. The molecule has 2 aliphatic heterocycles. The van der Waals surface area contributed by atoms with Crippen molar-refractivity contribution in [3.8, 4) is 40.1 Å². The smallest absolute Gasteiger partial charge is 0.330 e. The van der Waals surface area contributed by atoms with E-state index >= 15 is 0 Å². The number of aliphatic hydroxyl groups excluding tert-OH is 6. The number of methoxy groups -OCH3 is 1. The zero-order chi connectivity index (χ0) is 39.7. The van der Waals surface area contributed by atoms with Crippen LogP contribution in [0.5, 0.6) is 28.7 Å². The number of benzene rings is 3. The monoisotopic (exact) mass is 770 g/mol. The summed E-state index contributed by atoms with van der Waals surface area (Å²) in [6, 6.07) is 11.6. The molecule has 10 unspecified atom stereocenters. The van der Waals surface area contributed by atoms with Crippen LogP contribution in [0, 0.1) is 0 Å². The van der Waals surface area contributed by atoms with Crippen LogP contribution in [0.25, 0.3) is 28.4 Å². The van der Waals surface area contributed by atoms with Gasteiger partial charge in [0.05, 0.1) is 19.3 Å². The number of rotatable bonds is 10. The van der Waals surface area contributed by atoms with Crippen LogP contribution in [-0.2, 0) is 23.7 Å². The van der Waals surface area contributed by atoms with Crippen molar-refractivity contribution in [1.29, 1.82) is 0 Å². The van der Waals surface area contributed by atoms with Gasteiger partial charge in [0, 0.05) is 23.8 Å². The molecule has 18 nitrogen and oxygen atoms in total. The number of phenols is 4. The lowest BCUT2D eigenvalue weighted by atomic mass is 9.89. The summed E-state index contributed by atoms with van der Waals surface area (Å²) in [5.41, 5.74) is -0.899. The van der Waals surface area contributed by atoms with Gasteiger partial charge in [0.15, 0.2) is 28.8 Å². The number of ether oxygens (including phenoxy) is 5. The zero-order valence-corrected chi connectivity index (χ0v) is 28.8. The Morgan fingerprint density at radius 1 is 0.800 bits per heavy atom. The summed E-state index contributed by atoms with van der Waals surface area (Å²) in [7, 11) is 1.35. The van der Waals surface area contributed by atoms with Crippen LogP contribution in [0.2, 0.25) is 0 Å². The molecular formula is C37H38O18. The van der Waals surface area contributed by atoms with Gasteiger partial charge in [0.2, 0.25) is 0 Å². The molecule has 0 saturated carbocycles. The van der Waals surface area contributed by atoms with E-state index < -0.39 is 114 Å². The highest BCUT2D eigenvalue weighted by Gasteiger charge is 2.52. The first kappa shape index (κ1) is 39.4. The Labute approximate surface area is 310 Å². The van der Waals surface area contributed by atoms with Crippen LogP contribution in [0.4, 0.5) is 0 Å². The molecule has 3 aromatic carbocycles. The van der Waals surface area contributed by atoms with Crippen molar-refractivity contribution >= 4 is 23.0 Å². The van der Waals surface area contributed by atoms with Gasteiger partial charge >= 0.3 is 5.97 Å². The van der Waals surface area contributed by atoms with Gasteiger partial charge in [-0.3, -0.25) is 4.79 Å². The van der Waals surface area contributed by atoms with E-state index in [0.29, 0.717) is 11.1 Å². The minimum atomic E-state index is -2.03. The van der Waals surface area contributed by atoms with Gasteiger partial charge in [0.1, 0.15) is 89.9 Å². The predicted molar refractivity (Wildman–Crippen MR) is 186 cm³/mol. The SMILES string of the molecule is COc1cc(C=CC(=O)OCC2OC(OC3C(c4c(O)cc(O)c5c(=O)cc(-c6ccc(O)cc6)oc45)OC(CO)C(O)C3O)C(O)C(O)C2O)ccc1O. The lowest BCUT2D eigenvalue weighted by Crippen LogP contribution is -2.63. The van der Waals surface area contributed by atoms with Crippen LogP contribution >= 0.6 is 0 Å². The number of esters is 1. The quantitative estimate of drug-likeness (QED) is 0.0743. The van der Waals surface area contributed by atoms with Gasteiger partial charge in [-0.15, -0.1) is 0 Å². The van der Waals surface area contributed by atoms with E-state index in [9.17, 15) is 60.7 Å². The standard InChI is InChI=1S/C37H38O18/c1-50-23-10-15(2-8-18(23)40)3-9-26(44)51-14-25-30(46)31(47)33(49)37(54-25)55-36-32(48)29(45)24(13-38)53-35(36)28-20(42)11-19(41)27-21(43)12-22(52-34(27)28)16-4-6-17(39)7-5-16/h2-12,24-25,29-33,35-42,45-49H,13-14H2,1H3. The van der Waals surface area contributed by atoms with Crippen LogP contribution in [0.15, 0.2) is 69.9 Å². The Hall–Kier alpha value is -5.28. The lowest BCUT2D eigenvalue weighted by Gasteiger charge is -2.46. The molecule has 2 aliphatic rings.